The van der Waals surface area contributed by atoms with Crippen molar-refractivity contribution < 1.29 is 9.59 Å². The van der Waals surface area contributed by atoms with E-state index in [0.29, 0.717) is 35.7 Å². The molecule has 0 amide bonds. The summed E-state index contributed by atoms with van der Waals surface area (Å²) in [7, 11) is 0. The van der Waals surface area contributed by atoms with Crippen LogP contribution in [0.4, 0.5) is 0 Å². The molecule has 3 rings (SSSR count). The van der Waals surface area contributed by atoms with Crippen molar-refractivity contribution in [1.82, 2.24) is 0 Å². The lowest BCUT2D eigenvalue weighted by molar-refractivity contribution is -0.141. The van der Waals surface area contributed by atoms with Gasteiger partial charge in [0, 0.05) is 12.3 Å². The van der Waals surface area contributed by atoms with Gasteiger partial charge in [0.15, 0.2) is 0 Å². The number of carbonyl (C=O) groups is 2. The molecule has 208 valence electrons. The molecule has 3 unspecified atom stereocenters. The van der Waals surface area contributed by atoms with E-state index < -0.39 is 0 Å². The predicted octanol–water partition coefficient (Wildman–Crippen LogP) is 10.3. The van der Waals surface area contributed by atoms with Crippen molar-refractivity contribution in [3.63, 3.8) is 0 Å². The molecule has 3 saturated carbocycles. The van der Waals surface area contributed by atoms with Gasteiger partial charge in [-0.15, -0.1) is 0 Å². The summed E-state index contributed by atoms with van der Waals surface area (Å²) in [5.41, 5.74) is 0. The number of hydrogen-bond acceptors (Lipinski definition) is 2. The molecule has 2 nitrogen and oxygen atoms in total. The van der Waals surface area contributed by atoms with Gasteiger partial charge in [-0.3, -0.25) is 9.59 Å². The van der Waals surface area contributed by atoms with Crippen LogP contribution in [0.25, 0.3) is 0 Å². The van der Waals surface area contributed by atoms with Crippen LogP contribution in [-0.4, -0.2) is 11.6 Å². The summed E-state index contributed by atoms with van der Waals surface area (Å²) in [5, 5.41) is 0. The highest BCUT2D eigenvalue weighted by Gasteiger charge is 2.43. The first kappa shape index (κ1) is 29.9. The fourth-order valence-corrected chi connectivity index (χ4v) is 8.12. The van der Waals surface area contributed by atoms with Crippen LogP contribution >= 0.6 is 0 Å². The van der Waals surface area contributed by atoms with Gasteiger partial charge in [-0.25, -0.2) is 0 Å². The molecular weight excluding hydrogens is 440 g/mol. The van der Waals surface area contributed by atoms with E-state index >= 15 is 0 Å². The minimum Gasteiger partial charge on any atom is -0.299 e. The second-order valence-corrected chi connectivity index (χ2v) is 13.2. The van der Waals surface area contributed by atoms with Gasteiger partial charge in [0.05, 0.1) is 5.92 Å². The van der Waals surface area contributed by atoms with E-state index in [1.165, 1.54) is 135 Å². The summed E-state index contributed by atoms with van der Waals surface area (Å²) in [6.07, 6.45) is 30.2. The number of rotatable bonds is 16. The van der Waals surface area contributed by atoms with Crippen molar-refractivity contribution in [1.29, 1.82) is 0 Å². The predicted molar refractivity (Wildman–Crippen MR) is 153 cm³/mol. The lowest BCUT2D eigenvalue weighted by atomic mass is 9.63. The van der Waals surface area contributed by atoms with E-state index in [4.69, 9.17) is 0 Å². The minimum atomic E-state index is -0.260. The number of carbonyl (C=O) groups excluding carboxylic acids is 2. The standard InChI is InChI=1S/C34H60O2/c1-3-5-7-9-12-16-27-20-23-30(24-21-27)33(29-18-14-11-15-19-29)34(36)31-25-22-28(26-32(31)35)17-13-10-8-6-4-2/h27-31,33H,3-26H2,1-2H3. The zero-order valence-electron chi connectivity index (χ0n) is 24.3. The van der Waals surface area contributed by atoms with Crippen LogP contribution in [-0.2, 0) is 9.59 Å². The van der Waals surface area contributed by atoms with Gasteiger partial charge in [-0.2, -0.15) is 0 Å². The first-order valence-electron chi connectivity index (χ1n) is 16.7. The van der Waals surface area contributed by atoms with E-state index in [9.17, 15) is 9.59 Å². The maximum atomic E-state index is 14.1. The summed E-state index contributed by atoms with van der Waals surface area (Å²) < 4.78 is 0. The molecule has 0 N–H and O–H groups in total. The molecule has 3 aliphatic carbocycles. The summed E-state index contributed by atoms with van der Waals surface area (Å²) in [5.74, 6) is 3.19. The summed E-state index contributed by atoms with van der Waals surface area (Å²) >= 11 is 0. The lowest BCUT2D eigenvalue weighted by Gasteiger charge is -2.40. The maximum absolute atomic E-state index is 14.1. The topological polar surface area (TPSA) is 34.1 Å². The van der Waals surface area contributed by atoms with E-state index in [-0.39, 0.29) is 11.8 Å². The first-order chi connectivity index (χ1) is 17.6. The highest BCUT2D eigenvalue weighted by molar-refractivity contribution is 6.04. The normalized spacial score (nSPS) is 28.8. The van der Waals surface area contributed by atoms with Gasteiger partial charge in [-0.05, 0) is 62.2 Å². The number of Topliss-reactive ketones (excluding diaryl/α,β-unsaturated/α-hetero) is 2. The van der Waals surface area contributed by atoms with Crippen LogP contribution in [0.2, 0.25) is 0 Å². The summed E-state index contributed by atoms with van der Waals surface area (Å²) in [6, 6.07) is 0. The van der Waals surface area contributed by atoms with Gasteiger partial charge in [0.25, 0.3) is 0 Å². The van der Waals surface area contributed by atoms with Crippen molar-refractivity contribution in [3.05, 3.63) is 0 Å². The zero-order valence-corrected chi connectivity index (χ0v) is 24.3. The van der Waals surface area contributed by atoms with Crippen LogP contribution in [0.15, 0.2) is 0 Å². The number of hydrogen-bond donors (Lipinski definition) is 0. The Hall–Kier alpha value is -0.660. The Kier molecular flexibility index (Phi) is 14.1. The average Bonchev–Trinajstić information content (AvgIpc) is 2.90. The van der Waals surface area contributed by atoms with Crippen molar-refractivity contribution in [2.75, 3.05) is 0 Å². The molecule has 36 heavy (non-hydrogen) atoms. The van der Waals surface area contributed by atoms with E-state index in [1.807, 2.05) is 0 Å². The summed E-state index contributed by atoms with van der Waals surface area (Å²) in [4.78, 5) is 27.4. The average molecular weight is 501 g/mol. The third kappa shape index (κ3) is 9.58. The summed E-state index contributed by atoms with van der Waals surface area (Å²) in [6.45, 7) is 4.55. The number of unbranched alkanes of at least 4 members (excludes halogenated alkanes) is 8. The zero-order chi connectivity index (χ0) is 25.6. The molecule has 0 heterocycles. The van der Waals surface area contributed by atoms with Crippen LogP contribution in [0, 0.1) is 35.5 Å². The quantitative estimate of drug-likeness (QED) is 0.156. The third-order valence-corrected chi connectivity index (χ3v) is 10.4. The van der Waals surface area contributed by atoms with E-state index in [0.717, 1.165) is 18.8 Å². The van der Waals surface area contributed by atoms with Crippen LogP contribution in [0.3, 0.4) is 0 Å². The third-order valence-electron chi connectivity index (χ3n) is 10.4. The maximum Gasteiger partial charge on any atom is 0.146 e. The Morgan fingerprint density at radius 3 is 1.75 bits per heavy atom. The molecule has 3 atom stereocenters. The molecule has 3 fully saturated rings. The molecule has 3 aliphatic rings. The lowest BCUT2D eigenvalue weighted by Crippen LogP contribution is -2.42. The Bertz CT molecular complexity index is 611. The highest BCUT2D eigenvalue weighted by atomic mass is 16.2. The molecule has 0 aromatic rings. The molecule has 0 spiro atoms. The van der Waals surface area contributed by atoms with Gasteiger partial charge >= 0.3 is 0 Å². The number of ketones is 2. The molecule has 0 aromatic carbocycles. The Morgan fingerprint density at radius 1 is 0.639 bits per heavy atom. The fourth-order valence-electron chi connectivity index (χ4n) is 8.12. The van der Waals surface area contributed by atoms with Gasteiger partial charge in [0.1, 0.15) is 11.6 Å². The van der Waals surface area contributed by atoms with Crippen LogP contribution < -0.4 is 0 Å². The molecule has 0 saturated heterocycles. The van der Waals surface area contributed by atoms with Gasteiger partial charge in [0.2, 0.25) is 0 Å². The molecule has 2 heteroatoms. The van der Waals surface area contributed by atoms with Crippen molar-refractivity contribution in [3.8, 4) is 0 Å². The molecule has 0 aliphatic heterocycles. The van der Waals surface area contributed by atoms with Gasteiger partial charge in [-0.1, -0.05) is 123 Å². The van der Waals surface area contributed by atoms with Crippen LogP contribution in [0.5, 0.6) is 0 Å². The Balaban J connectivity index is 1.51. The van der Waals surface area contributed by atoms with E-state index in [1.54, 1.807) is 0 Å². The largest absolute Gasteiger partial charge is 0.299 e. The SMILES string of the molecule is CCCCCCCC1CCC(C(C(=O)C2CCC(CCCCCCC)CC2=O)C2CCCCC2)CC1. The second kappa shape index (κ2) is 17.0. The van der Waals surface area contributed by atoms with Crippen molar-refractivity contribution in [2.45, 2.75) is 168 Å². The Morgan fingerprint density at radius 2 is 1.17 bits per heavy atom. The van der Waals surface area contributed by atoms with Crippen molar-refractivity contribution >= 4 is 11.6 Å². The Labute approximate surface area is 224 Å². The molecule has 0 bridgehead atoms. The molecule has 0 aromatic heterocycles. The molecule has 0 radical (unpaired) electrons. The molecular formula is C34H60O2. The van der Waals surface area contributed by atoms with E-state index in [2.05, 4.69) is 13.8 Å². The fraction of sp³-hybridized carbons (Fsp3) is 0.941. The highest BCUT2D eigenvalue weighted by Crippen LogP contribution is 2.45. The van der Waals surface area contributed by atoms with Gasteiger partial charge < -0.3 is 0 Å². The minimum absolute atomic E-state index is 0.190. The van der Waals surface area contributed by atoms with Crippen molar-refractivity contribution in [2.24, 2.45) is 35.5 Å². The smallest absolute Gasteiger partial charge is 0.146 e. The van der Waals surface area contributed by atoms with Crippen LogP contribution in [0.1, 0.15) is 168 Å². The second-order valence-electron chi connectivity index (χ2n) is 13.2. The first-order valence-corrected chi connectivity index (χ1v) is 16.7. The monoisotopic (exact) mass is 500 g/mol.